The normalized spacial score (nSPS) is 14.0. The zero-order valence-electron chi connectivity index (χ0n) is 26.1. The maximum Gasteiger partial charge on any atom is 0.418 e. The molecule has 15 heteroatoms. The van der Waals surface area contributed by atoms with Crippen molar-refractivity contribution in [2.24, 2.45) is 0 Å². The number of anilines is 5. The quantitative estimate of drug-likeness (QED) is 0.188. The number of hydrogen-bond donors (Lipinski definition) is 3. The largest absolute Gasteiger partial charge is 0.418 e. The van der Waals surface area contributed by atoms with Gasteiger partial charge in [-0.1, -0.05) is 12.1 Å². The summed E-state index contributed by atoms with van der Waals surface area (Å²) in [7, 11) is -3.59. The summed E-state index contributed by atoms with van der Waals surface area (Å²) in [6, 6.07) is 15.4. The third-order valence-electron chi connectivity index (χ3n) is 7.97. The molecule has 3 N–H and O–H groups in total. The predicted molar refractivity (Wildman–Crippen MR) is 179 cm³/mol. The highest BCUT2D eigenvalue weighted by Crippen LogP contribution is 2.39. The van der Waals surface area contributed by atoms with Crippen LogP contribution in [0.1, 0.15) is 25.0 Å². The lowest BCUT2D eigenvalue weighted by atomic mass is 10.1. The zero-order chi connectivity index (χ0) is 34.1. The molecule has 0 aliphatic carbocycles. The smallest absolute Gasteiger partial charge is 0.368 e. The van der Waals surface area contributed by atoms with E-state index in [4.69, 9.17) is 0 Å². The van der Waals surface area contributed by atoms with E-state index in [0.717, 1.165) is 6.07 Å². The summed E-state index contributed by atoms with van der Waals surface area (Å²) in [6.07, 6.45) is 0.0213. The van der Waals surface area contributed by atoms with E-state index in [-0.39, 0.29) is 40.1 Å². The van der Waals surface area contributed by atoms with Gasteiger partial charge in [0.05, 0.1) is 34.1 Å². The molecule has 1 aliphatic rings. The second-order valence-corrected chi connectivity index (χ2v) is 14.1. The van der Waals surface area contributed by atoms with Gasteiger partial charge in [-0.15, -0.1) is 0 Å². The molecule has 5 aromatic rings. The van der Waals surface area contributed by atoms with Gasteiger partial charge in [0.25, 0.3) is 5.56 Å². The molecule has 11 nitrogen and oxygen atoms in total. The van der Waals surface area contributed by atoms with Crippen molar-refractivity contribution in [3.63, 3.8) is 0 Å². The van der Waals surface area contributed by atoms with E-state index < -0.39 is 32.4 Å². The van der Waals surface area contributed by atoms with Crippen LogP contribution in [-0.2, 0) is 22.6 Å². The Hall–Kier alpha value is -5.02. The minimum absolute atomic E-state index is 0.0252. The van der Waals surface area contributed by atoms with Crippen LogP contribution >= 0.6 is 0 Å². The number of fused-ring (bicyclic) bond motifs is 1. The number of alkyl halides is 3. The molecule has 0 bridgehead atoms. The van der Waals surface area contributed by atoms with Crippen molar-refractivity contribution in [1.82, 2.24) is 24.8 Å². The van der Waals surface area contributed by atoms with Gasteiger partial charge >= 0.3 is 6.18 Å². The Morgan fingerprint density at radius 1 is 0.958 bits per heavy atom. The van der Waals surface area contributed by atoms with Gasteiger partial charge in [0.15, 0.2) is 9.84 Å². The first-order chi connectivity index (χ1) is 22.9. The minimum Gasteiger partial charge on any atom is -0.368 e. The molecule has 0 radical (unpaired) electrons. The van der Waals surface area contributed by atoms with Crippen LogP contribution in [0, 0.1) is 0 Å². The Balaban J connectivity index is 1.41. The summed E-state index contributed by atoms with van der Waals surface area (Å²) in [5, 5.41) is 8.90. The molecule has 1 aliphatic heterocycles. The topological polar surface area (TPSA) is 134 Å². The van der Waals surface area contributed by atoms with Gasteiger partial charge in [-0.2, -0.15) is 18.2 Å². The summed E-state index contributed by atoms with van der Waals surface area (Å²) in [5.74, 6) is -0.0252. The van der Waals surface area contributed by atoms with Crippen molar-refractivity contribution in [2.45, 2.75) is 36.7 Å². The fourth-order valence-electron chi connectivity index (χ4n) is 5.47. The summed E-state index contributed by atoms with van der Waals surface area (Å²) in [6.45, 7) is 5.21. The zero-order valence-corrected chi connectivity index (χ0v) is 26.9. The number of halogens is 3. The number of sulfone groups is 1. The Bertz CT molecular complexity index is 2120. The molecule has 6 rings (SSSR count). The SMILES string of the molecule is CC(C)S(=O)(=O)c1cccc(Cn2c(=O)c(Nc3cccnc3)cc3cnc(Nc4ccc(N5CCNCC5)c(C(F)(F)F)c4)nc32)c1. The number of piperazine rings is 1. The van der Waals surface area contributed by atoms with E-state index in [1.54, 1.807) is 61.5 Å². The standard InChI is InChI=1S/C33H33F3N8O3S/c1-21(2)48(46,47)26-7-3-5-22(15-26)20-44-30-23(16-28(31(44)45)40-25-6-4-10-38-19-25)18-39-32(42-30)41-24-8-9-29(27(17-24)33(34,35)36)43-13-11-37-12-14-43/h3-10,15-19,21,37,40H,11-14,20H2,1-2H3,(H,39,41,42). The molecular weight excluding hydrogens is 645 g/mol. The van der Waals surface area contributed by atoms with Gasteiger partial charge in [0.2, 0.25) is 5.95 Å². The number of nitrogens with one attached hydrogen (secondary N) is 3. The van der Waals surface area contributed by atoms with Gasteiger partial charge < -0.3 is 20.9 Å². The fourth-order valence-corrected chi connectivity index (χ4v) is 6.60. The van der Waals surface area contributed by atoms with Gasteiger partial charge in [-0.05, 0) is 67.9 Å². The van der Waals surface area contributed by atoms with Crippen LogP contribution in [0.2, 0.25) is 0 Å². The second-order valence-electron chi connectivity index (χ2n) is 11.6. The Labute approximate surface area is 274 Å². The lowest BCUT2D eigenvalue weighted by Gasteiger charge is -2.31. The van der Waals surface area contributed by atoms with E-state index in [2.05, 4.69) is 30.9 Å². The predicted octanol–water partition coefficient (Wildman–Crippen LogP) is 5.33. The van der Waals surface area contributed by atoms with Crippen LogP contribution in [0.15, 0.2) is 88.9 Å². The molecule has 48 heavy (non-hydrogen) atoms. The minimum atomic E-state index is -4.60. The van der Waals surface area contributed by atoms with Crippen molar-refractivity contribution >= 4 is 49.6 Å². The van der Waals surface area contributed by atoms with Gasteiger partial charge in [0, 0.05) is 55.3 Å². The highest BCUT2D eigenvalue weighted by atomic mass is 32.2. The molecule has 1 saturated heterocycles. The number of aromatic nitrogens is 4. The molecule has 250 valence electrons. The second kappa shape index (κ2) is 13.2. The van der Waals surface area contributed by atoms with E-state index in [9.17, 15) is 26.4 Å². The van der Waals surface area contributed by atoms with Crippen LogP contribution in [-0.4, -0.2) is 59.4 Å². The number of hydrogen-bond acceptors (Lipinski definition) is 10. The third kappa shape index (κ3) is 6.96. The first-order valence-electron chi connectivity index (χ1n) is 15.2. The summed E-state index contributed by atoms with van der Waals surface area (Å²) in [4.78, 5) is 28.7. The van der Waals surface area contributed by atoms with Crippen LogP contribution < -0.4 is 26.4 Å². The summed E-state index contributed by atoms with van der Waals surface area (Å²) < 4.78 is 69.7. The Morgan fingerprint density at radius 3 is 2.46 bits per heavy atom. The van der Waals surface area contributed by atoms with E-state index in [1.807, 2.05) is 0 Å². The Kier molecular flexibility index (Phi) is 9.07. The van der Waals surface area contributed by atoms with Gasteiger partial charge in [-0.3, -0.25) is 14.3 Å². The van der Waals surface area contributed by atoms with Crippen LogP contribution in [0.3, 0.4) is 0 Å². The molecule has 0 spiro atoms. The summed E-state index contributed by atoms with van der Waals surface area (Å²) in [5.41, 5.74) is 0.458. The fraction of sp³-hybridized carbons (Fsp3) is 0.273. The number of nitrogens with zero attached hydrogens (tertiary/aromatic N) is 5. The molecule has 0 unspecified atom stereocenters. The van der Waals surface area contributed by atoms with Crippen molar-refractivity contribution in [1.29, 1.82) is 0 Å². The molecule has 0 saturated carbocycles. The molecular formula is C33H33F3N8O3S. The third-order valence-corrected chi connectivity index (χ3v) is 10.1. The van der Waals surface area contributed by atoms with Crippen LogP contribution in [0.4, 0.5) is 41.9 Å². The molecule has 4 heterocycles. The van der Waals surface area contributed by atoms with E-state index >= 15 is 0 Å². The van der Waals surface area contributed by atoms with Crippen LogP contribution in [0.25, 0.3) is 11.0 Å². The molecule has 0 atom stereocenters. The van der Waals surface area contributed by atoms with E-state index in [0.29, 0.717) is 42.8 Å². The molecule has 3 aromatic heterocycles. The highest BCUT2D eigenvalue weighted by Gasteiger charge is 2.35. The average molecular weight is 679 g/mol. The van der Waals surface area contributed by atoms with Crippen molar-refractivity contribution in [3.8, 4) is 0 Å². The van der Waals surface area contributed by atoms with Crippen molar-refractivity contribution < 1.29 is 21.6 Å². The maximum absolute atomic E-state index is 14.2. The first kappa shape index (κ1) is 32.9. The van der Waals surface area contributed by atoms with Crippen molar-refractivity contribution in [2.75, 3.05) is 41.7 Å². The molecule has 1 fully saturated rings. The van der Waals surface area contributed by atoms with E-state index in [1.165, 1.54) is 35.0 Å². The molecule has 0 amide bonds. The highest BCUT2D eigenvalue weighted by molar-refractivity contribution is 7.92. The maximum atomic E-state index is 14.2. The van der Waals surface area contributed by atoms with Gasteiger partial charge in [-0.25, -0.2) is 13.4 Å². The monoisotopic (exact) mass is 678 g/mol. The lowest BCUT2D eigenvalue weighted by molar-refractivity contribution is -0.137. The van der Waals surface area contributed by atoms with Gasteiger partial charge in [0.1, 0.15) is 11.3 Å². The Morgan fingerprint density at radius 2 is 1.75 bits per heavy atom. The van der Waals surface area contributed by atoms with Crippen molar-refractivity contribution in [3.05, 3.63) is 101 Å². The number of rotatable bonds is 9. The summed E-state index contributed by atoms with van der Waals surface area (Å²) >= 11 is 0. The number of pyridine rings is 2. The number of benzene rings is 2. The van der Waals surface area contributed by atoms with Crippen LogP contribution in [0.5, 0.6) is 0 Å². The first-order valence-corrected chi connectivity index (χ1v) is 16.8. The molecule has 2 aromatic carbocycles. The lowest BCUT2D eigenvalue weighted by Crippen LogP contribution is -2.44. The average Bonchev–Trinajstić information content (AvgIpc) is 3.07.